The molecule has 0 bridgehead atoms. The third kappa shape index (κ3) is 6.55. The van der Waals surface area contributed by atoms with Crippen LogP contribution in [-0.2, 0) is 20.0 Å². The molecule has 1 aromatic carbocycles. The molecule has 0 amide bonds. The number of hydrogen-bond acceptors (Lipinski definition) is 5. The van der Waals surface area contributed by atoms with Crippen molar-refractivity contribution in [1.82, 2.24) is 25.4 Å². The predicted molar refractivity (Wildman–Crippen MR) is 117 cm³/mol. The van der Waals surface area contributed by atoms with Crippen LogP contribution in [0.4, 0.5) is 4.39 Å². The second kappa shape index (κ2) is 10.7. The molecule has 0 aliphatic heterocycles. The van der Waals surface area contributed by atoms with Gasteiger partial charge in [-0.05, 0) is 43.8 Å². The summed E-state index contributed by atoms with van der Waals surface area (Å²) in [4.78, 5) is 5.95. The molecule has 0 aliphatic carbocycles. The minimum absolute atomic E-state index is 0.173. The Kier molecular flexibility index (Phi) is 7.78. The molecule has 160 valence electrons. The van der Waals surface area contributed by atoms with Crippen LogP contribution in [0.1, 0.15) is 23.4 Å². The van der Waals surface area contributed by atoms with Crippen LogP contribution in [-0.4, -0.2) is 39.9 Å². The lowest BCUT2D eigenvalue weighted by Gasteiger charge is -2.18. The van der Waals surface area contributed by atoms with E-state index in [1.54, 1.807) is 23.5 Å². The normalized spacial score (nSPS) is 12.6. The Morgan fingerprint density at radius 3 is 2.83 bits per heavy atom. The van der Waals surface area contributed by atoms with Gasteiger partial charge in [-0.3, -0.25) is 0 Å². The number of nitrogens with zero attached hydrogens (tertiary/aromatic N) is 4. The zero-order valence-electron chi connectivity index (χ0n) is 17.4. The van der Waals surface area contributed by atoms with Crippen LogP contribution < -0.4 is 15.4 Å². The van der Waals surface area contributed by atoms with Gasteiger partial charge in [-0.2, -0.15) is 0 Å². The van der Waals surface area contributed by atoms with Crippen LogP contribution in [0.2, 0.25) is 0 Å². The van der Waals surface area contributed by atoms with E-state index in [-0.39, 0.29) is 11.9 Å². The number of aryl methyl sites for hydroxylation is 1. The number of ether oxygens (including phenoxy) is 1. The van der Waals surface area contributed by atoms with Gasteiger partial charge in [-0.1, -0.05) is 12.1 Å². The fourth-order valence-electron chi connectivity index (χ4n) is 2.73. The van der Waals surface area contributed by atoms with Crippen molar-refractivity contribution in [3.63, 3.8) is 0 Å². The molecule has 3 rings (SSSR count). The van der Waals surface area contributed by atoms with Gasteiger partial charge >= 0.3 is 0 Å². The summed E-state index contributed by atoms with van der Waals surface area (Å²) in [5, 5.41) is 17.0. The molecule has 2 aromatic heterocycles. The highest BCUT2D eigenvalue weighted by Gasteiger charge is 2.09. The summed E-state index contributed by atoms with van der Waals surface area (Å²) < 4.78 is 21.0. The molecule has 1 unspecified atom stereocenters. The van der Waals surface area contributed by atoms with Crippen molar-refractivity contribution in [2.75, 3.05) is 13.1 Å². The SMILES string of the molecule is Cc1nnc(CN=C(NCCc2cccs2)NCC(C)Oc2cccc(F)c2)n1C. The van der Waals surface area contributed by atoms with Gasteiger partial charge in [0.1, 0.15) is 30.0 Å². The van der Waals surface area contributed by atoms with Gasteiger partial charge < -0.3 is 19.9 Å². The molecule has 0 aliphatic rings. The van der Waals surface area contributed by atoms with Gasteiger partial charge in [0.15, 0.2) is 11.8 Å². The summed E-state index contributed by atoms with van der Waals surface area (Å²) >= 11 is 1.74. The van der Waals surface area contributed by atoms with Gasteiger partial charge in [0.05, 0.1) is 6.54 Å². The molecule has 1 atom stereocenters. The number of aromatic nitrogens is 3. The fourth-order valence-corrected chi connectivity index (χ4v) is 3.44. The standard InChI is InChI=1S/C21H27FN6OS/c1-15(29-18-7-4-6-17(22)12-18)13-24-21(23-10-9-19-8-5-11-30-19)25-14-20-27-26-16(2)28(20)3/h4-8,11-12,15H,9-10,13-14H2,1-3H3,(H2,23,24,25). The van der Waals surface area contributed by atoms with Crippen molar-refractivity contribution in [2.45, 2.75) is 32.9 Å². The van der Waals surface area contributed by atoms with Gasteiger partial charge in [0.25, 0.3) is 0 Å². The van der Waals surface area contributed by atoms with Crippen molar-refractivity contribution in [3.05, 3.63) is 64.1 Å². The minimum atomic E-state index is -0.316. The van der Waals surface area contributed by atoms with E-state index in [0.717, 1.165) is 24.6 Å². The van der Waals surface area contributed by atoms with Gasteiger partial charge in [0, 0.05) is 24.5 Å². The summed E-state index contributed by atoms with van der Waals surface area (Å²) in [7, 11) is 1.92. The quantitative estimate of drug-likeness (QED) is 0.403. The van der Waals surface area contributed by atoms with Crippen molar-refractivity contribution in [2.24, 2.45) is 12.0 Å². The molecule has 2 N–H and O–H groups in total. The van der Waals surface area contributed by atoms with Crippen LogP contribution in [0.15, 0.2) is 46.8 Å². The lowest BCUT2D eigenvalue weighted by atomic mass is 10.3. The number of guanidine groups is 1. The lowest BCUT2D eigenvalue weighted by molar-refractivity contribution is 0.223. The minimum Gasteiger partial charge on any atom is -0.489 e. The monoisotopic (exact) mass is 430 g/mol. The zero-order valence-corrected chi connectivity index (χ0v) is 18.2. The van der Waals surface area contributed by atoms with Crippen LogP contribution in [0, 0.1) is 12.7 Å². The molecule has 2 heterocycles. The van der Waals surface area contributed by atoms with Crippen LogP contribution in [0.25, 0.3) is 0 Å². The van der Waals surface area contributed by atoms with E-state index in [9.17, 15) is 4.39 Å². The first kappa shape index (κ1) is 21.8. The smallest absolute Gasteiger partial charge is 0.191 e. The van der Waals surface area contributed by atoms with E-state index >= 15 is 0 Å². The first-order valence-electron chi connectivity index (χ1n) is 9.83. The Hall–Kier alpha value is -2.94. The average Bonchev–Trinajstić information content (AvgIpc) is 3.34. The largest absolute Gasteiger partial charge is 0.489 e. The van der Waals surface area contributed by atoms with E-state index in [0.29, 0.717) is 24.8 Å². The highest BCUT2D eigenvalue weighted by atomic mass is 32.1. The van der Waals surface area contributed by atoms with E-state index in [1.807, 2.05) is 25.5 Å². The third-order valence-electron chi connectivity index (χ3n) is 4.50. The molecule has 9 heteroatoms. The Bertz CT molecular complexity index is 956. The topological polar surface area (TPSA) is 76.4 Å². The molecule has 0 spiro atoms. The molecule has 0 radical (unpaired) electrons. The van der Waals surface area contributed by atoms with E-state index < -0.39 is 0 Å². The molecule has 3 aromatic rings. The van der Waals surface area contributed by atoms with Crippen molar-refractivity contribution >= 4 is 17.3 Å². The summed E-state index contributed by atoms with van der Waals surface area (Å²) in [5.74, 6) is 2.49. The maximum absolute atomic E-state index is 13.3. The number of halogens is 1. The van der Waals surface area contributed by atoms with Gasteiger partial charge in [0.2, 0.25) is 0 Å². The second-order valence-electron chi connectivity index (χ2n) is 6.91. The second-order valence-corrected chi connectivity index (χ2v) is 7.94. The van der Waals surface area contributed by atoms with Crippen LogP contribution >= 0.6 is 11.3 Å². The molecule has 0 fully saturated rings. The summed E-state index contributed by atoms with van der Waals surface area (Å²) in [5.41, 5.74) is 0. The van der Waals surface area contributed by atoms with Crippen LogP contribution in [0.5, 0.6) is 5.75 Å². The number of nitrogens with one attached hydrogen (secondary N) is 2. The summed E-state index contributed by atoms with van der Waals surface area (Å²) in [6.07, 6.45) is 0.740. The Labute approximate surface area is 180 Å². The first-order chi connectivity index (χ1) is 14.5. The number of rotatable bonds is 9. The van der Waals surface area contributed by atoms with Gasteiger partial charge in [-0.25, -0.2) is 9.38 Å². The van der Waals surface area contributed by atoms with Crippen molar-refractivity contribution in [3.8, 4) is 5.75 Å². The van der Waals surface area contributed by atoms with E-state index in [2.05, 4.69) is 43.3 Å². The Morgan fingerprint density at radius 2 is 2.13 bits per heavy atom. The number of aliphatic imine (C=N–C) groups is 1. The van der Waals surface area contributed by atoms with E-state index in [4.69, 9.17) is 4.74 Å². The third-order valence-corrected chi connectivity index (χ3v) is 5.43. The van der Waals surface area contributed by atoms with Crippen LogP contribution in [0.3, 0.4) is 0 Å². The molecule has 7 nitrogen and oxygen atoms in total. The molecular formula is C21H27FN6OS. The van der Waals surface area contributed by atoms with Crippen molar-refractivity contribution < 1.29 is 9.13 Å². The maximum Gasteiger partial charge on any atom is 0.191 e. The fraction of sp³-hybridized carbons (Fsp3) is 0.381. The Morgan fingerprint density at radius 1 is 1.27 bits per heavy atom. The molecule has 0 saturated carbocycles. The number of thiophene rings is 1. The zero-order chi connectivity index (χ0) is 21.3. The summed E-state index contributed by atoms with van der Waals surface area (Å²) in [6.45, 7) is 5.50. The van der Waals surface area contributed by atoms with Gasteiger partial charge in [-0.15, -0.1) is 21.5 Å². The summed E-state index contributed by atoms with van der Waals surface area (Å²) in [6, 6.07) is 10.3. The number of benzene rings is 1. The highest BCUT2D eigenvalue weighted by molar-refractivity contribution is 7.09. The molecule has 30 heavy (non-hydrogen) atoms. The maximum atomic E-state index is 13.3. The highest BCUT2D eigenvalue weighted by Crippen LogP contribution is 2.13. The average molecular weight is 431 g/mol. The molecule has 0 saturated heterocycles. The lowest BCUT2D eigenvalue weighted by Crippen LogP contribution is -2.42. The van der Waals surface area contributed by atoms with E-state index in [1.165, 1.54) is 17.0 Å². The van der Waals surface area contributed by atoms with Crippen molar-refractivity contribution in [1.29, 1.82) is 0 Å². The predicted octanol–water partition coefficient (Wildman–Crippen LogP) is 3.07. The molecular weight excluding hydrogens is 403 g/mol. The Balaban J connectivity index is 1.57. The number of hydrogen-bond donors (Lipinski definition) is 2. The first-order valence-corrected chi connectivity index (χ1v) is 10.7.